The summed E-state index contributed by atoms with van der Waals surface area (Å²) in [6.07, 6.45) is 0. The Balaban J connectivity index is 2.36. The lowest BCUT2D eigenvalue weighted by atomic mass is 10.1. The normalized spacial score (nSPS) is 10.4. The van der Waals surface area contributed by atoms with Crippen molar-refractivity contribution in [2.45, 2.75) is 6.92 Å². The van der Waals surface area contributed by atoms with Crippen molar-refractivity contribution >= 4 is 50.7 Å². The molecule has 0 saturated carbocycles. The van der Waals surface area contributed by atoms with Gasteiger partial charge in [0.1, 0.15) is 5.82 Å². The van der Waals surface area contributed by atoms with Crippen LogP contribution in [0, 0.1) is 12.7 Å². The molecule has 0 heterocycles. The predicted octanol–water partition coefficient (Wildman–Crippen LogP) is 5.46. The predicted molar refractivity (Wildman–Crippen MR) is 83.3 cm³/mol. The summed E-state index contributed by atoms with van der Waals surface area (Å²) < 4.78 is 13.5. The summed E-state index contributed by atoms with van der Waals surface area (Å²) in [5.41, 5.74) is 1.43. The molecule has 1 N–H and O–H groups in total. The van der Waals surface area contributed by atoms with Crippen molar-refractivity contribution in [3.63, 3.8) is 0 Å². The van der Waals surface area contributed by atoms with E-state index in [2.05, 4.69) is 21.2 Å². The molecule has 6 heteroatoms. The first-order valence-electron chi connectivity index (χ1n) is 5.61. The first-order chi connectivity index (χ1) is 9.40. The van der Waals surface area contributed by atoms with Crippen molar-refractivity contribution in [1.29, 1.82) is 0 Å². The lowest BCUT2D eigenvalue weighted by Gasteiger charge is -2.11. The van der Waals surface area contributed by atoms with Gasteiger partial charge in [-0.1, -0.05) is 35.3 Å². The fourth-order valence-electron chi connectivity index (χ4n) is 1.67. The Morgan fingerprint density at radius 1 is 1.30 bits per heavy atom. The van der Waals surface area contributed by atoms with E-state index in [1.165, 1.54) is 6.07 Å². The number of benzene rings is 2. The van der Waals surface area contributed by atoms with Gasteiger partial charge in [-0.05, 0) is 46.6 Å². The SMILES string of the molecule is Cc1cccc(C(=O)Nc2c(Cl)cc(F)cc2Br)c1Cl. The minimum atomic E-state index is -0.492. The van der Waals surface area contributed by atoms with Crippen molar-refractivity contribution in [3.8, 4) is 0 Å². The van der Waals surface area contributed by atoms with Crippen molar-refractivity contribution in [2.75, 3.05) is 5.32 Å². The molecule has 0 fully saturated rings. The zero-order chi connectivity index (χ0) is 14.9. The number of halogens is 4. The number of nitrogens with one attached hydrogen (secondary N) is 1. The van der Waals surface area contributed by atoms with E-state index in [4.69, 9.17) is 23.2 Å². The number of amides is 1. The van der Waals surface area contributed by atoms with Gasteiger partial charge in [-0.2, -0.15) is 0 Å². The topological polar surface area (TPSA) is 29.1 Å². The highest BCUT2D eigenvalue weighted by Crippen LogP contribution is 2.32. The molecule has 0 unspecified atom stereocenters. The van der Waals surface area contributed by atoms with Crippen molar-refractivity contribution in [3.05, 3.63) is 61.8 Å². The van der Waals surface area contributed by atoms with Crippen LogP contribution in [0.3, 0.4) is 0 Å². The molecule has 0 radical (unpaired) electrons. The molecule has 0 aromatic heterocycles. The van der Waals surface area contributed by atoms with E-state index in [0.29, 0.717) is 20.7 Å². The van der Waals surface area contributed by atoms with Gasteiger partial charge in [0.25, 0.3) is 5.91 Å². The van der Waals surface area contributed by atoms with Crippen LogP contribution >= 0.6 is 39.1 Å². The van der Waals surface area contributed by atoms with Gasteiger partial charge < -0.3 is 5.32 Å². The van der Waals surface area contributed by atoms with E-state index in [1.807, 2.05) is 0 Å². The summed E-state index contributed by atoms with van der Waals surface area (Å²) in [5, 5.41) is 3.10. The molecule has 0 spiro atoms. The summed E-state index contributed by atoms with van der Waals surface area (Å²) in [5.74, 6) is -0.902. The summed E-state index contributed by atoms with van der Waals surface area (Å²) in [7, 11) is 0. The Morgan fingerprint density at radius 2 is 2.00 bits per heavy atom. The van der Waals surface area contributed by atoms with Gasteiger partial charge in [-0.25, -0.2) is 4.39 Å². The fraction of sp³-hybridized carbons (Fsp3) is 0.0714. The Hall–Kier alpha value is -1.10. The van der Waals surface area contributed by atoms with Gasteiger partial charge in [0.2, 0.25) is 0 Å². The molecule has 0 atom stereocenters. The molecule has 20 heavy (non-hydrogen) atoms. The third kappa shape index (κ3) is 3.14. The first-order valence-corrected chi connectivity index (χ1v) is 7.16. The molecule has 1 amide bonds. The van der Waals surface area contributed by atoms with Crippen LogP contribution in [0.15, 0.2) is 34.8 Å². The van der Waals surface area contributed by atoms with E-state index in [-0.39, 0.29) is 5.02 Å². The van der Waals surface area contributed by atoms with Gasteiger partial charge in [-0.3, -0.25) is 4.79 Å². The van der Waals surface area contributed by atoms with Gasteiger partial charge in [0, 0.05) is 4.47 Å². The van der Waals surface area contributed by atoms with Crippen LogP contribution in [-0.4, -0.2) is 5.91 Å². The molecule has 0 bridgehead atoms. The highest BCUT2D eigenvalue weighted by Gasteiger charge is 2.15. The number of carbonyl (C=O) groups is 1. The Morgan fingerprint density at radius 3 is 2.65 bits per heavy atom. The molecule has 2 aromatic rings. The van der Waals surface area contributed by atoms with Crippen molar-refractivity contribution in [2.24, 2.45) is 0 Å². The number of carbonyl (C=O) groups excluding carboxylic acids is 1. The summed E-state index contributed by atoms with van der Waals surface area (Å²) in [6, 6.07) is 7.49. The molecular formula is C14H9BrCl2FNO. The van der Waals surface area contributed by atoms with E-state index < -0.39 is 11.7 Å². The maximum Gasteiger partial charge on any atom is 0.257 e. The van der Waals surface area contributed by atoms with E-state index >= 15 is 0 Å². The summed E-state index contributed by atoms with van der Waals surface area (Å²) >= 11 is 15.2. The van der Waals surface area contributed by atoms with E-state index in [1.54, 1.807) is 25.1 Å². The minimum Gasteiger partial charge on any atom is -0.320 e. The van der Waals surface area contributed by atoms with E-state index in [9.17, 15) is 9.18 Å². The molecule has 2 aromatic carbocycles. The monoisotopic (exact) mass is 375 g/mol. The Labute approximate surface area is 134 Å². The second kappa shape index (κ2) is 6.12. The Kier molecular flexibility index (Phi) is 4.68. The number of hydrogen-bond donors (Lipinski definition) is 1. The summed E-state index contributed by atoms with van der Waals surface area (Å²) in [6.45, 7) is 1.81. The smallest absolute Gasteiger partial charge is 0.257 e. The molecule has 2 nitrogen and oxygen atoms in total. The van der Waals surface area contributed by atoms with Crippen LogP contribution in [0.4, 0.5) is 10.1 Å². The second-order valence-corrected chi connectivity index (χ2v) is 5.77. The van der Waals surface area contributed by atoms with Crippen LogP contribution in [0.5, 0.6) is 0 Å². The summed E-state index contributed by atoms with van der Waals surface area (Å²) in [4.78, 5) is 12.2. The van der Waals surface area contributed by atoms with Gasteiger partial charge in [-0.15, -0.1) is 0 Å². The van der Waals surface area contributed by atoms with Gasteiger partial charge >= 0.3 is 0 Å². The molecule has 2 rings (SSSR count). The standard InChI is InChI=1S/C14H9BrCl2FNO/c1-7-3-2-4-9(12(7)17)14(20)19-13-10(15)5-8(18)6-11(13)16/h2-6H,1H3,(H,19,20). The quantitative estimate of drug-likeness (QED) is 0.741. The number of hydrogen-bond acceptors (Lipinski definition) is 1. The van der Waals surface area contributed by atoms with Crippen LogP contribution in [0.1, 0.15) is 15.9 Å². The fourth-order valence-corrected chi connectivity index (χ4v) is 2.78. The zero-order valence-electron chi connectivity index (χ0n) is 10.3. The molecule has 0 aliphatic rings. The second-order valence-electron chi connectivity index (χ2n) is 4.14. The van der Waals surface area contributed by atoms with E-state index in [0.717, 1.165) is 11.6 Å². The third-order valence-electron chi connectivity index (χ3n) is 2.68. The zero-order valence-corrected chi connectivity index (χ0v) is 13.4. The highest BCUT2D eigenvalue weighted by atomic mass is 79.9. The van der Waals surface area contributed by atoms with Gasteiger partial charge in [0.05, 0.1) is 21.3 Å². The van der Waals surface area contributed by atoms with Crippen LogP contribution in [0.25, 0.3) is 0 Å². The average molecular weight is 377 g/mol. The third-order valence-corrected chi connectivity index (χ3v) is 4.11. The number of rotatable bonds is 2. The molecule has 0 saturated heterocycles. The molecule has 0 aliphatic carbocycles. The molecule has 0 aliphatic heterocycles. The van der Waals surface area contributed by atoms with Gasteiger partial charge in [0.15, 0.2) is 0 Å². The van der Waals surface area contributed by atoms with Crippen LogP contribution < -0.4 is 5.32 Å². The first kappa shape index (κ1) is 15.3. The van der Waals surface area contributed by atoms with Crippen molar-refractivity contribution < 1.29 is 9.18 Å². The molecule has 104 valence electrons. The maximum absolute atomic E-state index is 13.1. The number of anilines is 1. The van der Waals surface area contributed by atoms with Crippen molar-refractivity contribution in [1.82, 2.24) is 0 Å². The maximum atomic E-state index is 13.1. The lowest BCUT2D eigenvalue weighted by molar-refractivity contribution is 0.102. The highest BCUT2D eigenvalue weighted by molar-refractivity contribution is 9.10. The largest absolute Gasteiger partial charge is 0.320 e. The Bertz CT molecular complexity index is 668. The molecular weight excluding hydrogens is 368 g/mol. The lowest BCUT2D eigenvalue weighted by Crippen LogP contribution is -2.13. The minimum absolute atomic E-state index is 0.106. The van der Waals surface area contributed by atoms with Crippen LogP contribution in [0.2, 0.25) is 10.0 Å². The average Bonchev–Trinajstić information content (AvgIpc) is 2.36. The number of aryl methyl sites for hydroxylation is 1. The van der Waals surface area contributed by atoms with Crippen LogP contribution in [-0.2, 0) is 0 Å².